The van der Waals surface area contributed by atoms with Gasteiger partial charge >= 0.3 is 0 Å². The molecule has 0 spiro atoms. The van der Waals surface area contributed by atoms with E-state index in [-0.39, 0.29) is 29.9 Å². The predicted molar refractivity (Wildman–Crippen MR) is 129 cm³/mol. The molecule has 1 saturated carbocycles. The van der Waals surface area contributed by atoms with Crippen LogP contribution in [0.25, 0.3) is 0 Å². The first kappa shape index (κ1) is 24.7. The summed E-state index contributed by atoms with van der Waals surface area (Å²) in [7, 11) is 5.38. The number of halogens is 1. The van der Waals surface area contributed by atoms with Gasteiger partial charge in [-0.2, -0.15) is 0 Å². The molecule has 6 heteroatoms. The van der Waals surface area contributed by atoms with Crippen molar-refractivity contribution in [3.05, 3.63) is 35.4 Å². The summed E-state index contributed by atoms with van der Waals surface area (Å²) >= 11 is 0. The maximum Gasteiger partial charge on any atom is 0.253 e. The Morgan fingerprint density at radius 1 is 1.11 bits per heavy atom. The third-order valence-corrected chi connectivity index (χ3v) is 5.29. The number of amides is 1. The van der Waals surface area contributed by atoms with Crippen LogP contribution in [-0.4, -0.2) is 51.0 Å². The number of hydrogen-bond donors (Lipinski definition) is 2. The molecular weight excluding hydrogens is 463 g/mol. The van der Waals surface area contributed by atoms with Crippen molar-refractivity contribution in [2.24, 2.45) is 10.9 Å². The molecule has 0 bridgehead atoms. The average Bonchev–Trinajstić information content (AvgIpc) is 2.65. The second-order valence-corrected chi connectivity index (χ2v) is 7.74. The van der Waals surface area contributed by atoms with Crippen molar-refractivity contribution in [1.29, 1.82) is 0 Å². The van der Waals surface area contributed by atoms with Gasteiger partial charge < -0.3 is 15.5 Å². The van der Waals surface area contributed by atoms with E-state index in [0.717, 1.165) is 42.5 Å². The molecule has 5 nitrogen and oxygen atoms in total. The van der Waals surface area contributed by atoms with Crippen LogP contribution >= 0.6 is 24.0 Å². The third kappa shape index (κ3) is 8.80. The van der Waals surface area contributed by atoms with E-state index in [1.807, 2.05) is 25.2 Å². The van der Waals surface area contributed by atoms with E-state index in [4.69, 9.17) is 0 Å². The first-order valence-electron chi connectivity index (χ1n) is 10.3. The molecule has 1 aliphatic carbocycles. The molecular formula is C22H37IN4O. The highest BCUT2D eigenvalue weighted by Gasteiger charge is 2.12. The number of rotatable bonds is 6. The summed E-state index contributed by atoms with van der Waals surface area (Å²) in [4.78, 5) is 18.0. The van der Waals surface area contributed by atoms with Crippen molar-refractivity contribution < 1.29 is 4.79 Å². The Morgan fingerprint density at radius 3 is 2.43 bits per heavy atom. The van der Waals surface area contributed by atoms with Gasteiger partial charge in [0.2, 0.25) is 0 Å². The van der Waals surface area contributed by atoms with Gasteiger partial charge in [-0.05, 0) is 42.9 Å². The number of carbonyl (C=O) groups is 1. The number of nitrogens with one attached hydrogen (secondary N) is 2. The van der Waals surface area contributed by atoms with Gasteiger partial charge in [-0.15, -0.1) is 24.0 Å². The number of nitrogens with zero attached hydrogens (tertiary/aromatic N) is 2. The molecule has 0 aromatic heterocycles. The average molecular weight is 500 g/mol. The molecule has 1 aromatic rings. The molecule has 2 rings (SSSR count). The fourth-order valence-corrected chi connectivity index (χ4v) is 3.65. The second kappa shape index (κ2) is 13.8. The lowest BCUT2D eigenvalue weighted by Gasteiger charge is -2.21. The largest absolute Gasteiger partial charge is 0.356 e. The SMILES string of the molecule is CN=C(NCCc1cccc(C(=O)N(C)C)c1)NCC1CCCCCCC1.I. The van der Waals surface area contributed by atoms with Gasteiger partial charge in [0.05, 0.1) is 0 Å². The van der Waals surface area contributed by atoms with E-state index in [2.05, 4.69) is 21.7 Å². The summed E-state index contributed by atoms with van der Waals surface area (Å²) in [5, 5.41) is 6.90. The fraction of sp³-hybridized carbons (Fsp3) is 0.636. The van der Waals surface area contributed by atoms with Crippen molar-refractivity contribution in [2.75, 3.05) is 34.2 Å². The van der Waals surface area contributed by atoms with Crippen LogP contribution in [0.2, 0.25) is 0 Å². The van der Waals surface area contributed by atoms with Crippen LogP contribution in [0.1, 0.15) is 60.9 Å². The maximum absolute atomic E-state index is 12.1. The molecule has 0 unspecified atom stereocenters. The number of aliphatic imine (C=N–C) groups is 1. The van der Waals surface area contributed by atoms with Crippen LogP contribution in [0.5, 0.6) is 0 Å². The lowest BCUT2D eigenvalue weighted by atomic mass is 9.91. The first-order chi connectivity index (χ1) is 13.1. The number of guanidine groups is 1. The molecule has 0 saturated heterocycles. The summed E-state index contributed by atoms with van der Waals surface area (Å²) in [5.41, 5.74) is 1.90. The van der Waals surface area contributed by atoms with Gasteiger partial charge in [-0.3, -0.25) is 9.79 Å². The zero-order valence-corrected chi connectivity index (χ0v) is 20.0. The van der Waals surface area contributed by atoms with Crippen LogP contribution in [0.15, 0.2) is 29.3 Å². The Balaban J connectivity index is 0.00000392. The number of benzene rings is 1. The van der Waals surface area contributed by atoms with Crippen molar-refractivity contribution >= 4 is 35.8 Å². The van der Waals surface area contributed by atoms with Gasteiger partial charge in [0.15, 0.2) is 5.96 Å². The van der Waals surface area contributed by atoms with Crippen LogP contribution in [0.4, 0.5) is 0 Å². The lowest BCUT2D eigenvalue weighted by molar-refractivity contribution is 0.0827. The standard InChI is InChI=1S/C22H36N4O.HI/c1-23-22(25-17-19-10-7-5-4-6-8-11-19)24-15-14-18-12-9-13-20(16-18)21(27)26(2)3;/h9,12-13,16,19H,4-8,10-11,14-15,17H2,1-3H3,(H2,23,24,25);1H. The van der Waals surface area contributed by atoms with Crippen LogP contribution in [0.3, 0.4) is 0 Å². The van der Waals surface area contributed by atoms with Crippen molar-refractivity contribution in [3.63, 3.8) is 0 Å². The zero-order valence-electron chi connectivity index (χ0n) is 17.7. The highest BCUT2D eigenvalue weighted by molar-refractivity contribution is 14.0. The van der Waals surface area contributed by atoms with E-state index in [1.165, 1.54) is 44.9 Å². The molecule has 1 aliphatic rings. The number of hydrogen-bond acceptors (Lipinski definition) is 2. The Kier molecular flexibility index (Phi) is 12.2. The quantitative estimate of drug-likeness (QED) is 0.352. The lowest BCUT2D eigenvalue weighted by Crippen LogP contribution is -2.40. The molecule has 1 aromatic carbocycles. The fourth-order valence-electron chi connectivity index (χ4n) is 3.65. The first-order valence-corrected chi connectivity index (χ1v) is 10.3. The van der Waals surface area contributed by atoms with Crippen LogP contribution < -0.4 is 10.6 Å². The molecule has 1 fully saturated rings. The summed E-state index contributed by atoms with van der Waals surface area (Å²) in [6.45, 7) is 1.80. The molecule has 0 heterocycles. The molecule has 158 valence electrons. The van der Waals surface area contributed by atoms with E-state index >= 15 is 0 Å². The van der Waals surface area contributed by atoms with E-state index in [0.29, 0.717) is 0 Å². The van der Waals surface area contributed by atoms with Gasteiger partial charge in [0.25, 0.3) is 5.91 Å². The Morgan fingerprint density at radius 2 is 1.79 bits per heavy atom. The minimum atomic E-state index is 0. The molecule has 2 N–H and O–H groups in total. The maximum atomic E-state index is 12.1. The van der Waals surface area contributed by atoms with Crippen LogP contribution in [-0.2, 0) is 6.42 Å². The third-order valence-electron chi connectivity index (χ3n) is 5.29. The second-order valence-electron chi connectivity index (χ2n) is 7.74. The zero-order chi connectivity index (χ0) is 19.5. The minimum Gasteiger partial charge on any atom is -0.356 e. The van der Waals surface area contributed by atoms with Gasteiger partial charge in [0.1, 0.15) is 0 Å². The summed E-state index contributed by atoms with van der Waals surface area (Å²) in [5.74, 6) is 1.68. The normalized spacial score (nSPS) is 15.8. The molecule has 1 amide bonds. The highest BCUT2D eigenvalue weighted by atomic mass is 127. The van der Waals surface area contributed by atoms with Gasteiger partial charge in [0, 0.05) is 39.8 Å². The smallest absolute Gasteiger partial charge is 0.253 e. The van der Waals surface area contributed by atoms with Gasteiger partial charge in [-0.1, -0.05) is 44.2 Å². The summed E-state index contributed by atoms with van der Waals surface area (Å²) in [6, 6.07) is 7.87. The van der Waals surface area contributed by atoms with E-state index in [1.54, 1.807) is 19.0 Å². The van der Waals surface area contributed by atoms with E-state index < -0.39 is 0 Å². The predicted octanol–water partition coefficient (Wildman–Crippen LogP) is 4.07. The van der Waals surface area contributed by atoms with Crippen molar-refractivity contribution in [3.8, 4) is 0 Å². The number of carbonyl (C=O) groups excluding carboxylic acids is 1. The Hall–Kier alpha value is -1.31. The molecule has 28 heavy (non-hydrogen) atoms. The highest BCUT2D eigenvalue weighted by Crippen LogP contribution is 2.21. The Bertz CT molecular complexity index is 610. The molecule has 0 radical (unpaired) electrons. The minimum absolute atomic E-state index is 0. The van der Waals surface area contributed by atoms with Gasteiger partial charge in [-0.25, -0.2) is 0 Å². The molecule has 0 aliphatic heterocycles. The Labute approximate surface area is 187 Å². The topological polar surface area (TPSA) is 56.7 Å². The van der Waals surface area contributed by atoms with Crippen molar-refractivity contribution in [1.82, 2.24) is 15.5 Å². The van der Waals surface area contributed by atoms with Crippen molar-refractivity contribution in [2.45, 2.75) is 51.4 Å². The van der Waals surface area contributed by atoms with Crippen LogP contribution in [0, 0.1) is 5.92 Å². The summed E-state index contributed by atoms with van der Waals surface area (Å²) < 4.78 is 0. The molecule has 0 atom stereocenters. The summed E-state index contributed by atoms with van der Waals surface area (Å²) in [6.07, 6.45) is 10.4. The van der Waals surface area contributed by atoms with E-state index in [9.17, 15) is 4.79 Å². The monoisotopic (exact) mass is 500 g/mol.